The Labute approximate surface area is 218 Å². The van der Waals surface area contributed by atoms with E-state index in [4.69, 9.17) is 9.47 Å². The van der Waals surface area contributed by atoms with Crippen LogP contribution < -0.4 is 0 Å². The molecule has 0 atom stereocenters. The van der Waals surface area contributed by atoms with Gasteiger partial charge in [-0.25, -0.2) is 0 Å². The first-order chi connectivity index (χ1) is 16.7. The zero-order valence-corrected chi connectivity index (χ0v) is 23.6. The van der Waals surface area contributed by atoms with Gasteiger partial charge < -0.3 is 9.47 Å². The van der Waals surface area contributed by atoms with Crippen molar-refractivity contribution in [2.24, 2.45) is 28.1 Å². The van der Waals surface area contributed by atoms with Crippen LogP contribution in [0.5, 0.6) is 0 Å². The molecular weight excluding hydrogens is 448 g/mol. The Kier molecular flexibility index (Phi) is 8.58. The maximum absolute atomic E-state index is 13.7. The molecule has 36 heavy (non-hydrogen) atoms. The van der Waals surface area contributed by atoms with Gasteiger partial charge in [0.25, 0.3) is 6.29 Å². The van der Waals surface area contributed by atoms with Crippen molar-refractivity contribution < 1.29 is 19.1 Å². The molecule has 4 nitrogen and oxygen atoms in total. The minimum absolute atomic E-state index is 0.0182. The number of rotatable bonds is 11. The van der Waals surface area contributed by atoms with Crippen molar-refractivity contribution in [3.8, 4) is 0 Å². The number of fused-ring (bicyclic) bond motifs is 1. The third-order valence-electron chi connectivity index (χ3n) is 7.63. The zero-order chi connectivity index (χ0) is 26.7. The predicted octanol–water partition coefficient (Wildman–Crippen LogP) is 8.63. The van der Waals surface area contributed by atoms with Gasteiger partial charge in [-0.3, -0.25) is 9.59 Å². The molecule has 0 spiro atoms. The monoisotopic (exact) mass is 494 g/mol. The number of cyclic esters (lactones) is 2. The lowest BCUT2D eigenvalue weighted by atomic mass is 9.68. The second-order valence-corrected chi connectivity index (χ2v) is 13.4. The van der Waals surface area contributed by atoms with E-state index in [2.05, 4.69) is 55.4 Å². The van der Waals surface area contributed by atoms with Gasteiger partial charge in [0.2, 0.25) is 0 Å². The van der Waals surface area contributed by atoms with Crippen LogP contribution in [0.1, 0.15) is 106 Å². The Hall–Kier alpha value is -2.36. The molecule has 0 bridgehead atoms. The summed E-state index contributed by atoms with van der Waals surface area (Å²) < 4.78 is 11.8. The fourth-order valence-electron chi connectivity index (χ4n) is 6.07. The fraction of sp³-hybridized carbons (Fsp3) is 0.625. The normalized spacial score (nSPS) is 17.1. The molecule has 2 aromatic rings. The smallest absolute Gasteiger partial charge is 0.326 e. The summed E-state index contributed by atoms with van der Waals surface area (Å²) in [5, 5.41) is 2.11. The highest BCUT2D eigenvalue weighted by molar-refractivity contribution is 6.01. The molecule has 4 heteroatoms. The number of esters is 2. The molecule has 0 amide bonds. The zero-order valence-electron chi connectivity index (χ0n) is 23.6. The summed E-state index contributed by atoms with van der Waals surface area (Å²) in [5.74, 6) is 0.224. The van der Waals surface area contributed by atoms with Crippen LogP contribution in [0.3, 0.4) is 0 Å². The third kappa shape index (κ3) is 6.89. The van der Waals surface area contributed by atoms with E-state index < -0.39 is 23.6 Å². The van der Waals surface area contributed by atoms with Crippen molar-refractivity contribution in [1.82, 2.24) is 0 Å². The minimum atomic E-state index is -1.25. The molecular formula is C32H46O4. The van der Waals surface area contributed by atoms with Crippen molar-refractivity contribution >= 4 is 22.7 Å². The molecule has 0 N–H and O–H groups in total. The van der Waals surface area contributed by atoms with Crippen LogP contribution >= 0.6 is 0 Å². The van der Waals surface area contributed by atoms with Crippen molar-refractivity contribution in [1.29, 1.82) is 0 Å². The molecule has 1 heterocycles. The first kappa shape index (κ1) is 28.2. The van der Waals surface area contributed by atoms with Gasteiger partial charge in [-0.1, -0.05) is 91.8 Å². The first-order valence-corrected chi connectivity index (χ1v) is 13.6. The lowest BCUT2D eigenvalue weighted by molar-refractivity contribution is -0.228. The molecule has 0 aromatic heterocycles. The first-order valence-electron chi connectivity index (χ1n) is 13.6. The molecule has 3 rings (SSSR count). The van der Waals surface area contributed by atoms with Crippen molar-refractivity contribution in [3.63, 3.8) is 0 Å². The van der Waals surface area contributed by atoms with Crippen molar-refractivity contribution in [2.75, 3.05) is 0 Å². The summed E-state index contributed by atoms with van der Waals surface area (Å²) in [6.45, 7) is 17.7. The van der Waals surface area contributed by atoms with E-state index in [1.165, 1.54) is 0 Å². The maximum Gasteiger partial charge on any atom is 0.326 e. The second-order valence-electron chi connectivity index (χ2n) is 13.4. The average molecular weight is 495 g/mol. The fourth-order valence-corrected chi connectivity index (χ4v) is 6.07. The molecule has 0 aliphatic carbocycles. The lowest BCUT2D eigenvalue weighted by Gasteiger charge is -2.40. The molecule has 1 fully saturated rings. The van der Waals surface area contributed by atoms with E-state index in [0.29, 0.717) is 30.2 Å². The van der Waals surface area contributed by atoms with E-state index in [1.807, 2.05) is 42.5 Å². The highest BCUT2D eigenvalue weighted by atomic mass is 16.7. The van der Waals surface area contributed by atoms with E-state index in [9.17, 15) is 9.59 Å². The molecule has 198 valence electrons. The van der Waals surface area contributed by atoms with E-state index in [0.717, 1.165) is 36.5 Å². The Balaban J connectivity index is 1.86. The van der Waals surface area contributed by atoms with Crippen molar-refractivity contribution in [3.05, 3.63) is 48.0 Å². The summed E-state index contributed by atoms with van der Waals surface area (Å²) >= 11 is 0. The average Bonchev–Trinajstić information content (AvgIpc) is 2.76. The molecule has 0 saturated carbocycles. The third-order valence-corrected chi connectivity index (χ3v) is 7.63. The highest BCUT2D eigenvalue weighted by Gasteiger charge is 2.54. The Morgan fingerprint density at radius 1 is 0.750 bits per heavy atom. The predicted molar refractivity (Wildman–Crippen MR) is 146 cm³/mol. The number of benzene rings is 2. The largest absolute Gasteiger partial charge is 0.420 e. The SMILES string of the molecule is CC(C)CC(C)(C)CCC1(CCC(C)(C)CC(C)C)C(=O)OC(c2ccc3ccccc3c2)OC1=O. The van der Waals surface area contributed by atoms with E-state index in [-0.39, 0.29) is 10.8 Å². The molecule has 0 radical (unpaired) electrons. The standard InChI is InChI=1S/C32H46O4/c1-22(2)20-30(5,6)15-17-32(18-16-31(7,8)21-23(3)4)28(33)35-27(36-29(32)34)26-14-13-24-11-9-10-12-25(24)19-26/h9-14,19,22-23,27H,15-18,20-21H2,1-8H3. The van der Waals surface area contributed by atoms with Gasteiger partial charge in [0.15, 0.2) is 5.41 Å². The van der Waals surface area contributed by atoms with Crippen LogP contribution in [0.2, 0.25) is 0 Å². The number of hydrogen-bond donors (Lipinski definition) is 0. The molecule has 2 aromatic carbocycles. The highest BCUT2D eigenvalue weighted by Crippen LogP contribution is 2.46. The van der Waals surface area contributed by atoms with Crippen LogP contribution in [-0.2, 0) is 19.1 Å². The Bertz CT molecular complexity index is 1020. The summed E-state index contributed by atoms with van der Waals surface area (Å²) in [6, 6.07) is 13.8. The minimum Gasteiger partial charge on any atom is -0.420 e. The summed E-state index contributed by atoms with van der Waals surface area (Å²) in [7, 11) is 0. The maximum atomic E-state index is 13.7. The lowest BCUT2D eigenvalue weighted by Crippen LogP contribution is -2.48. The Morgan fingerprint density at radius 3 is 1.69 bits per heavy atom. The van der Waals surface area contributed by atoms with E-state index >= 15 is 0 Å². The van der Waals surface area contributed by atoms with Gasteiger partial charge in [0.05, 0.1) is 0 Å². The van der Waals surface area contributed by atoms with Crippen LogP contribution in [-0.4, -0.2) is 11.9 Å². The Morgan fingerprint density at radius 2 is 1.22 bits per heavy atom. The second kappa shape index (κ2) is 10.9. The molecule has 0 unspecified atom stereocenters. The van der Waals surface area contributed by atoms with Gasteiger partial charge in [-0.2, -0.15) is 0 Å². The summed E-state index contributed by atoms with van der Waals surface area (Å²) in [5.41, 5.74) is -0.533. The number of ether oxygens (including phenoxy) is 2. The van der Waals surface area contributed by atoms with Gasteiger partial charge in [0, 0.05) is 5.56 Å². The van der Waals surface area contributed by atoms with Crippen LogP contribution in [0.4, 0.5) is 0 Å². The number of carbonyl (C=O) groups excluding carboxylic acids is 2. The van der Waals surface area contributed by atoms with Gasteiger partial charge in [-0.05, 0) is 78.0 Å². The molecule has 1 saturated heterocycles. The quantitative estimate of drug-likeness (QED) is 0.232. The van der Waals surface area contributed by atoms with E-state index in [1.54, 1.807) is 0 Å². The summed E-state index contributed by atoms with van der Waals surface area (Å²) in [6.07, 6.45) is 3.49. The van der Waals surface area contributed by atoms with Gasteiger partial charge in [0.1, 0.15) is 0 Å². The van der Waals surface area contributed by atoms with Crippen LogP contribution in [0.15, 0.2) is 42.5 Å². The number of carbonyl (C=O) groups is 2. The van der Waals surface area contributed by atoms with Crippen molar-refractivity contribution in [2.45, 2.75) is 100 Å². The van der Waals surface area contributed by atoms with Gasteiger partial charge >= 0.3 is 11.9 Å². The summed E-state index contributed by atoms with van der Waals surface area (Å²) in [4.78, 5) is 27.5. The number of hydrogen-bond acceptors (Lipinski definition) is 4. The molecule has 1 aliphatic rings. The van der Waals surface area contributed by atoms with Gasteiger partial charge in [-0.15, -0.1) is 0 Å². The topological polar surface area (TPSA) is 52.6 Å². The van der Waals surface area contributed by atoms with Crippen LogP contribution in [0.25, 0.3) is 10.8 Å². The molecule has 1 aliphatic heterocycles. The van der Waals surface area contributed by atoms with Crippen LogP contribution in [0, 0.1) is 28.1 Å².